The second-order valence-corrected chi connectivity index (χ2v) is 5.36. The summed E-state index contributed by atoms with van der Waals surface area (Å²) in [5.74, 6) is 0.00961. The monoisotopic (exact) mass is 334 g/mol. The van der Waals surface area contributed by atoms with Gasteiger partial charge >= 0.3 is 5.63 Å². The third kappa shape index (κ3) is 3.67. The van der Waals surface area contributed by atoms with Crippen LogP contribution < -0.4 is 15.7 Å². The van der Waals surface area contributed by atoms with Gasteiger partial charge in [0.2, 0.25) is 0 Å². The molecule has 0 aliphatic rings. The molecule has 6 nitrogen and oxygen atoms in total. The van der Waals surface area contributed by atoms with Gasteiger partial charge in [0.05, 0.1) is 11.3 Å². The van der Waals surface area contributed by atoms with Crippen molar-refractivity contribution in [2.24, 2.45) is 0 Å². The number of rotatable bonds is 4. The topological polar surface area (TPSA) is 92.3 Å². The smallest absolute Gasteiger partial charge is 0.336 e. The van der Waals surface area contributed by atoms with Crippen molar-refractivity contribution in [3.63, 3.8) is 0 Å². The summed E-state index contributed by atoms with van der Waals surface area (Å²) < 4.78 is 10.7. The predicted octanol–water partition coefficient (Wildman–Crippen LogP) is 3.07. The summed E-state index contributed by atoms with van der Waals surface area (Å²) in [6.07, 6.45) is -0.806. The third-order valence-corrected chi connectivity index (χ3v) is 3.58. The molecular formula is C19H14N2O4. The minimum absolute atomic E-state index is 0.371. The molecular weight excluding hydrogens is 320 g/mol. The van der Waals surface area contributed by atoms with E-state index in [1.54, 1.807) is 55.5 Å². The van der Waals surface area contributed by atoms with Gasteiger partial charge in [0, 0.05) is 17.5 Å². The number of nitrogens with zero attached hydrogens (tertiary/aromatic N) is 1. The lowest BCUT2D eigenvalue weighted by Crippen LogP contribution is -2.30. The molecule has 0 aliphatic carbocycles. The Morgan fingerprint density at radius 3 is 2.76 bits per heavy atom. The van der Waals surface area contributed by atoms with Gasteiger partial charge in [0.25, 0.3) is 5.91 Å². The van der Waals surface area contributed by atoms with E-state index in [0.29, 0.717) is 22.6 Å². The first-order valence-electron chi connectivity index (χ1n) is 7.57. The number of anilines is 1. The van der Waals surface area contributed by atoms with Gasteiger partial charge in [-0.1, -0.05) is 12.1 Å². The molecule has 6 heteroatoms. The summed E-state index contributed by atoms with van der Waals surface area (Å²) in [5, 5.41) is 12.5. The Hall–Kier alpha value is -3.59. The molecule has 0 saturated heterocycles. The Morgan fingerprint density at radius 1 is 1.20 bits per heavy atom. The quantitative estimate of drug-likeness (QED) is 0.740. The number of nitrogens with one attached hydrogen (secondary N) is 1. The van der Waals surface area contributed by atoms with Gasteiger partial charge < -0.3 is 14.5 Å². The van der Waals surface area contributed by atoms with Crippen LogP contribution in [0, 0.1) is 11.3 Å². The van der Waals surface area contributed by atoms with Crippen molar-refractivity contribution in [1.82, 2.24) is 0 Å². The summed E-state index contributed by atoms with van der Waals surface area (Å²) in [7, 11) is 0. The van der Waals surface area contributed by atoms with Crippen molar-refractivity contribution >= 4 is 22.6 Å². The van der Waals surface area contributed by atoms with E-state index in [1.807, 2.05) is 6.07 Å². The Morgan fingerprint density at radius 2 is 1.96 bits per heavy atom. The molecule has 1 aromatic heterocycles. The zero-order valence-electron chi connectivity index (χ0n) is 13.4. The summed E-state index contributed by atoms with van der Waals surface area (Å²) in [6.45, 7) is 1.59. The standard InChI is InChI=1S/C19H14N2O4/c1-12(19(23)21-16-5-3-2-4-14(16)11-20)24-15-8-6-13-7-9-18(22)25-17(13)10-15/h2-10,12H,1H3,(H,21,23)/t12-/m0/s1. The number of hydrogen-bond acceptors (Lipinski definition) is 5. The van der Waals surface area contributed by atoms with E-state index >= 15 is 0 Å². The molecule has 0 saturated carbocycles. The van der Waals surface area contributed by atoms with Crippen molar-refractivity contribution in [3.05, 3.63) is 70.6 Å². The minimum atomic E-state index is -0.806. The molecule has 2 aromatic carbocycles. The summed E-state index contributed by atoms with van der Waals surface area (Å²) in [4.78, 5) is 23.6. The maximum absolute atomic E-state index is 12.3. The van der Waals surface area contributed by atoms with Gasteiger partial charge in [-0.2, -0.15) is 5.26 Å². The lowest BCUT2D eigenvalue weighted by Gasteiger charge is -2.15. The number of benzene rings is 2. The Kier molecular flexibility index (Phi) is 4.48. The Balaban J connectivity index is 1.75. The molecule has 0 spiro atoms. The van der Waals surface area contributed by atoms with Crippen molar-refractivity contribution in [2.45, 2.75) is 13.0 Å². The molecule has 0 bridgehead atoms. The van der Waals surface area contributed by atoms with E-state index in [2.05, 4.69) is 5.32 Å². The van der Waals surface area contributed by atoms with Crippen LogP contribution in [0.5, 0.6) is 5.75 Å². The number of para-hydroxylation sites is 1. The van der Waals surface area contributed by atoms with Crippen LogP contribution >= 0.6 is 0 Å². The van der Waals surface area contributed by atoms with Gasteiger partial charge in [0.1, 0.15) is 17.4 Å². The van der Waals surface area contributed by atoms with Gasteiger partial charge in [-0.05, 0) is 37.3 Å². The highest BCUT2D eigenvalue weighted by molar-refractivity contribution is 5.95. The highest BCUT2D eigenvalue weighted by Crippen LogP contribution is 2.21. The highest BCUT2D eigenvalue weighted by Gasteiger charge is 2.16. The van der Waals surface area contributed by atoms with Crippen LogP contribution in [0.15, 0.2) is 63.8 Å². The Bertz CT molecular complexity index is 1030. The highest BCUT2D eigenvalue weighted by atomic mass is 16.5. The first-order valence-corrected chi connectivity index (χ1v) is 7.57. The minimum Gasteiger partial charge on any atom is -0.481 e. The SMILES string of the molecule is C[C@H](Oc1ccc2ccc(=O)oc2c1)C(=O)Nc1ccccc1C#N. The third-order valence-electron chi connectivity index (χ3n) is 3.58. The number of ether oxygens (including phenoxy) is 1. The van der Waals surface area contributed by atoms with E-state index in [0.717, 1.165) is 5.39 Å². The van der Waals surface area contributed by atoms with Crippen molar-refractivity contribution in [1.29, 1.82) is 5.26 Å². The van der Waals surface area contributed by atoms with Crippen LogP contribution in [0.25, 0.3) is 11.0 Å². The fraction of sp³-hybridized carbons (Fsp3) is 0.105. The van der Waals surface area contributed by atoms with Crippen molar-refractivity contribution in [3.8, 4) is 11.8 Å². The second-order valence-electron chi connectivity index (χ2n) is 5.36. The van der Waals surface area contributed by atoms with Gasteiger partial charge in [-0.15, -0.1) is 0 Å². The van der Waals surface area contributed by atoms with Crippen LogP contribution in [-0.2, 0) is 4.79 Å². The van der Waals surface area contributed by atoms with E-state index in [1.165, 1.54) is 6.07 Å². The largest absolute Gasteiger partial charge is 0.481 e. The summed E-state index contributed by atoms with van der Waals surface area (Å²) >= 11 is 0. The average molecular weight is 334 g/mol. The second kappa shape index (κ2) is 6.89. The molecule has 1 N–H and O–H groups in total. The van der Waals surface area contributed by atoms with Crippen LogP contribution in [0.3, 0.4) is 0 Å². The van der Waals surface area contributed by atoms with Gasteiger partial charge in [0.15, 0.2) is 6.10 Å². The van der Waals surface area contributed by atoms with Gasteiger partial charge in [-0.3, -0.25) is 4.79 Å². The van der Waals surface area contributed by atoms with E-state index < -0.39 is 17.6 Å². The van der Waals surface area contributed by atoms with Crippen LogP contribution in [0.2, 0.25) is 0 Å². The fourth-order valence-corrected chi connectivity index (χ4v) is 2.30. The van der Waals surface area contributed by atoms with Crippen LogP contribution in [0.1, 0.15) is 12.5 Å². The Labute approximate surface area is 143 Å². The number of fused-ring (bicyclic) bond motifs is 1. The maximum Gasteiger partial charge on any atom is 0.336 e. The molecule has 3 rings (SSSR count). The molecule has 1 amide bonds. The number of hydrogen-bond donors (Lipinski definition) is 1. The van der Waals surface area contributed by atoms with Crippen molar-refractivity contribution < 1.29 is 13.9 Å². The summed E-state index contributed by atoms with van der Waals surface area (Å²) in [6, 6.07) is 16.7. The first-order chi connectivity index (χ1) is 12.1. The predicted molar refractivity (Wildman–Crippen MR) is 92.4 cm³/mol. The fourth-order valence-electron chi connectivity index (χ4n) is 2.30. The number of amides is 1. The molecule has 0 aliphatic heterocycles. The normalized spacial score (nSPS) is 11.5. The maximum atomic E-state index is 12.3. The molecule has 25 heavy (non-hydrogen) atoms. The zero-order valence-corrected chi connectivity index (χ0v) is 13.4. The van der Waals surface area contributed by atoms with Crippen LogP contribution in [0.4, 0.5) is 5.69 Å². The average Bonchev–Trinajstić information content (AvgIpc) is 2.61. The lowest BCUT2D eigenvalue weighted by molar-refractivity contribution is -0.122. The first kappa shape index (κ1) is 16.3. The summed E-state index contributed by atoms with van der Waals surface area (Å²) in [5.41, 5.74) is 0.724. The van der Waals surface area contributed by atoms with Crippen LogP contribution in [-0.4, -0.2) is 12.0 Å². The molecule has 0 fully saturated rings. The number of nitriles is 1. The molecule has 1 atom stereocenters. The van der Waals surface area contributed by atoms with Gasteiger partial charge in [-0.25, -0.2) is 4.79 Å². The van der Waals surface area contributed by atoms with E-state index in [4.69, 9.17) is 14.4 Å². The zero-order chi connectivity index (χ0) is 17.8. The molecule has 124 valence electrons. The molecule has 3 aromatic rings. The van der Waals surface area contributed by atoms with Crippen molar-refractivity contribution in [2.75, 3.05) is 5.32 Å². The number of carbonyl (C=O) groups is 1. The molecule has 0 radical (unpaired) electrons. The molecule has 0 unspecified atom stereocenters. The van der Waals surface area contributed by atoms with E-state index in [-0.39, 0.29) is 0 Å². The van der Waals surface area contributed by atoms with E-state index in [9.17, 15) is 9.59 Å². The number of carbonyl (C=O) groups excluding carboxylic acids is 1. The lowest BCUT2D eigenvalue weighted by atomic mass is 10.2. The molecule has 1 heterocycles.